The smallest absolute Gasteiger partial charge is 0.170 e. The van der Waals surface area contributed by atoms with Gasteiger partial charge < -0.3 is 0 Å². The average molecular weight is 249 g/mol. The van der Waals surface area contributed by atoms with E-state index in [1.54, 1.807) is 0 Å². The van der Waals surface area contributed by atoms with Gasteiger partial charge in [0.2, 0.25) is 0 Å². The predicted molar refractivity (Wildman–Crippen MR) is 71.7 cm³/mol. The molecule has 0 aromatic heterocycles. The molecule has 90 valence electrons. The first-order chi connectivity index (χ1) is 8.23. The Labute approximate surface area is 107 Å². The summed E-state index contributed by atoms with van der Waals surface area (Å²) in [5.74, 6) is 0.629. The number of benzene rings is 1. The number of halogens is 1. The maximum atomic E-state index is 12.6. The normalized spacial score (nSPS) is 23.2. The molecule has 1 aromatic carbocycles. The molecule has 1 aromatic rings. The first kappa shape index (κ1) is 12.4. The molecular formula is C15H17ClO. The van der Waals surface area contributed by atoms with E-state index in [-0.39, 0.29) is 11.2 Å². The summed E-state index contributed by atoms with van der Waals surface area (Å²) in [7, 11) is 0. The maximum Gasteiger partial charge on any atom is 0.170 e. The molecule has 0 heterocycles. The highest BCUT2D eigenvalue weighted by molar-refractivity contribution is 6.21. The first-order valence-corrected chi connectivity index (χ1v) is 6.56. The molecule has 1 atom stereocenters. The highest BCUT2D eigenvalue weighted by atomic mass is 35.5. The summed E-state index contributed by atoms with van der Waals surface area (Å²) in [5, 5.41) is 0. The van der Waals surface area contributed by atoms with Crippen molar-refractivity contribution >= 4 is 17.4 Å². The van der Waals surface area contributed by atoms with Gasteiger partial charge in [-0.15, -0.1) is 18.2 Å². The Kier molecular flexibility index (Phi) is 3.68. The van der Waals surface area contributed by atoms with Gasteiger partial charge in [-0.3, -0.25) is 4.79 Å². The van der Waals surface area contributed by atoms with Crippen molar-refractivity contribution in [2.24, 2.45) is 5.41 Å². The van der Waals surface area contributed by atoms with Crippen LogP contribution in [0.3, 0.4) is 0 Å². The molecule has 1 unspecified atom stereocenters. The summed E-state index contributed by atoms with van der Waals surface area (Å²) >= 11 is 6.08. The lowest BCUT2D eigenvalue weighted by Gasteiger charge is -2.34. The Morgan fingerprint density at radius 2 is 2.18 bits per heavy atom. The number of hydrogen-bond donors (Lipinski definition) is 0. The molecule has 1 nitrogen and oxygen atoms in total. The van der Waals surface area contributed by atoms with Crippen molar-refractivity contribution in [3.63, 3.8) is 0 Å². The second-order valence-corrected chi connectivity index (χ2v) is 4.99. The maximum absolute atomic E-state index is 12.6. The zero-order chi connectivity index (χ0) is 12.3. The lowest BCUT2D eigenvalue weighted by molar-refractivity contribution is 0.0777. The fourth-order valence-electron chi connectivity index (χ4n) is 2.54. The minimum absolute atomic E-state index is 0.219. The van der Waals surface area contributed by atoms with Gasteiger partial charge in [0, 0.05) is 16.9 Å². The highest BCUT2D eigenvalue weighted by Gasteiger charge is 2.40. The number of hydrogen-bond acceptors (Lipinski definition) is 1. The molecule has 0 N–H and O–H groups in total. The lowest BCUT2D eigenvalue weighted by Crippen LogP contribution is -2.37. The third-order valence-corrected chi connectivity index (χ3v) is 4.21. The van der Waals surface area contributed by atoms with Gasteiger partial charge in [-0.25, -0.2) is 0 Å². The van der Waals surface area contributed by atoms with Crippen LogP contribution in [0, 0.1) is 5.41 Å². The van der Waals surface area contributed by atoms with Crippen LogP contribution in [0.4, 0.5) is 0 Å². The first-order valence-electron chi connectivity index (χ1n) is 6.03. The number of carbonyl (C=O) groups is 1. The number of Topliss-reactive ketones (excluding diaryl/α,β-unsaturated/α-hetero) is 1. The van der Waals surface area contributed by atoms with Crippen molar-refractivity contribution in [2.45, 2.75) is 25.7 Å². The van der Waals surface area contributed by atoms with Crippen molar-refractivity contribution in [1.82, 2.24) is 0 Å². The number of aryl methyl sites for hydroxylation is 1. The van der Waals surface area contributed by atoms with E-state index in [1.807, 2.05) is 30.3 Å². The van der Waals surface area contributed by atoms with Crippen molar-refractivity contribution in [3.8, 4) is 0 Å². The molecule has 17 heavy (non-hydrogen) atoms. The second kappa shape index (κ2) is 5.05. The van der Waals surface area contributed by atoms with Crippen LogP contribution in [0.15, 0.2) is 36.9 Å². The largest absolute Gasteiger partial charge is 0.294 e. The lowest BCUT2D eigenvalue weighted by atomic mass is 9.69. The molecule has 0 radical (unpaired) electrons. The standard InChI is InChI=1S/C15H17ClO/c1-2-3-9-15(11-16)10-8-12-6-4-5-7-13(12)14(15)17/h2,4-7H,1,3,8-11H2. The number of ketones is 1. The molecule has 0 aliphatic heterocycles. The summed E-state index contributed by atoms with van der Waals surface area (Å²) < 4.78 is 0. The van der Waals surface area contributed by atoms with E-state index in [9.17, 15) is 4.79 Å². The Morgan fingerprint density at radius 3 is 2.88 bits per heavy atom. The zero-order valence-corrected chi connectivity index (χ0v) is 10.7. The molecule has 0 saturated heterocycles. The molecule has 1 aliphatic rings. The van der Waals surface area contributed by atoms with Crippen molar-refractivity contribution in [2.75, 3.05) is 5.88 Å². The molecule has 0 spiro atoms. The van der Waals surface area contributed by atoms with E-state index in [1.165, 1.54) is 0 Å². The summed E-state index contributed by atoms with van der Waals surface area (Å²) in [4.78, 5) is 12.6. The minimum Gasteiger partial charge on any atom is -0.294 e. The Hall–Kier alpha value is -1.08. The van der Waals surface area contributed by atoms with Gasteiger partial charge in [-0.05, 0) is 31.2 Å². The van der Waals surface area contributed by atoms with Gasteiger partial charge in [0.1, 0.15) is 0 Å². The topological polar surface area (TPSA) is 17.1 Å². The van der Waals surface area contributed by atoms with Crippen molar-refractivity contribution < 1.29 is 4.79 Å². The molecular weight excluding hydrogens is 232 g/mol. The van der Waals surface area contributed by atoms with Crippen LogP contribution in [0.1, 0.15) is 35.2 Å². The Bertz CT molecular complexity index is 438. The van der Waals surface area contributed by atoms with Gasteiger partial charge in [0.05, 0.1) is 0 Å². The third-order valence-electron chi connectivity index (χ3n) is 3.70. The quantitative estimate of drug-likeness (QED) is 0.581. The monoisotopic (exact) mass is 248 g/mol. The number of fused-ring (bicyclic) bond motifs is 1. The second-order valence-electron chi connectivity index (χ2n) is 4.73. The van der Waals surface area contributed by atoms with Gasteiger partial charge in [-0.2, -0.15) is 0 Å². The predicted octanol–water partition coefficient (Wildman–Crippen LogP) is 4.01. The summed E-state index contributed by atoms with van der Waals surface area (Å²) in [6.45, 7) is 3.73. The van der Waals surface area contributed by atoms with Gasteiger partial charge in [0.25, 0.3) is 0 Å². The average Bonchev–Trinajstić information content (AvgIpc) is 2.39. The van der Waals surface area contributed by atoms with E-state index in [2.05, 4.69) is 6.58 Å². The molecule has 0 amide bonds. The number of alkyl halides is 1. The van der Waals surface area contributed by atoms with Gasteiger partial charge in [-0.1, -0.05) is 30.3 Å². The Morgan fingerprint density at radius 1 is 1.41 bits per heavy atom. The molecule has 0 saturated carbocycles. The van der Waals surface area contributed by atoms with Gasteiger partial charge >= 0.3 is 0 Å². The minimum atomic E-state index is -0.371. The molecule has 0 fully saturated rings. The summed E-state index contributed by atoms with van der Waals surface area (Å²) in [6, 6.07) is 7.88. The Balaban J connectivity index is 2.34. The van der Waals surface area contributed by atoms with E-state index in [4.69, 9.17) is 11.6 Å². The van der Waals surface area contributed by atoms with Crippen molar-refractivity contribution in [1.29, 1.82) is 0 Å². The fraction of sp³-hybridized carbons (Fsp3) is 0.400. The van der Waals surface area contributed by atoms with Crippen LogP contribution in [-0.2, 0) is 6.42 Å². The van der Waals surface area contributed by atoms with Crippen LogP contribution in [0.2, 0.25) is 0 Å². The zero-order valence-electron chi connectivity index (χ0n) is 9.92. The van der Waals surface area contributed by atoms with E-state index >= 15 is 0 Å². The highest BCUT2D eigenvalue weighted by Crippen LogP contribution is 2.40. The van der Waals surface area contributed by atoms with Gasteiger partial charge in [0.15, 0.2) is 5.78 Å². The van der Waals surface area contributed by atoms with Crippen LogP contribution < -0.4 is 0 Å². The number of carbonyl (C=O) groups excluding carboxylic acids is 1. The van der Waals surface area contributed by atoms with Crippen LogP contribution in [-0.4, -0.2) is 11.7 Å². The van der Waals surface area contributed by atoms with Crippen LogP contribution in [0.25, 0.3) is 0 Å². The van der Waals surface area contributed by atoms with E-state index < -0.39 is 0 Å². The summed E-state index contributed by atoms with van der Waals surface area (Å²) in [5.41, 5.74) is 1.66. The number of allylic oxidation sites excluding steroid dienone is 1. The van der Waals surface area contributed by atoms with Crippen LogP contribution in [0.5, 0.6) is 0 Å². The van der Waals surface area contributed by atoms with Crippen molar-refractivity contribution in [3.05, 3.63) is 48.0 Å². The number of rotatable bonds is 4. The van der Waals surface area contributed by atoms with Crippen LogP contribution >= 0.6 is 11.6 Å². The molecule has 2 heteroatoms. The molecule has 2 rings (SSSR count). The molecule has 1 aliphatic carbocycles. The third kappa shape index (κ3) is 2.16. The molecule has 0 bridgehead atoms. The summed E-state index contributed by atoms with van der Waals surface area (Å²) in [6.07, 6.45) is 5.34. The van der Waals surface area contributed by atoms with E-state index in [0.717, 1.165) is 36.8 Å². The fourth-order valence-corrected chi connectivity index (χ4v) is 2.93. The SMILES string of the molecule is C=CCCC1(CCl)CCc2ccccc2C1=O. The van der Waals surface area contributed by atoms with E-state index in [0.29, 0.717) is 5.88 Å².